The highest BCUT2D eigenvalue weighted by atomic mass is 32.3. The van der Waals surface area contributed by atoms with Crippen LogP contribution in [-0.4, -0.2) is 40.2 Å². The Morgan fingerprint density at radius 2 is 1.43 bits per heavy atom. The maximum atomic E-state index is 5.20. The van der Waals surface area contributed by atoms with Gasteiger partial charge in [-0.05, 0) is 42.5 Å². The largest absolute Gasteiger partial charge is 0.261 e. The van der Waals surface area contributed by atoms with Crippen molar-refractivity contribution in [2.75, 3.05) is 0 Å². The van der Waals surface area contributed by atoms with Crippen molar-refractivity contribution in [2.45, 2.75) is 9.92 Å². The predicted molar refractivity (Wildman–Crippen MR) is 134 cm³/mol. The van der Waals surface area contributed by atoms with E-state index in [9.17, 15) is 0 Å². The fourth-order valence-corrected chi connectivity index (χ4v) is 7.89. The third kappa shape index (κ3) is 3.49. The van der Waals surface area contributed by atoms with Crippen LogP contribution < -0.4 is 0 Å². The van der Waals surface area contributed by atoms with E-state index in [4.69, 9.17) is 9.98 Å². The molecule has 1 aliphatic heterocycles. The molecule has 168 valence electrons. The minimum atomic E-state index is -2.28. The lowest BCUT2D eigenvalue weighted by atomic mass is 10.3. The molecule has 0 aliphatic carbocycles. The molecule has 1 aliphatic rings. The summed E-state index contributed by atoms with van der Waals surface area (Å²) in [5, 5.41) is 10.2. The van der Waals surface area contributed by atoms with Crippen LogP contribution in [0, 0.1) is 0 Å². The lowest BCUT2D eigenvalue weighted by molar-refractivity contribution is 1.02. The molecular formula is C26H18N8S. The summed E-state index contributed by atoms with van der Waals surface area (Å²) in [4.78, 5) is 30.2. The highest BCUT2D eigenvalue weighted by Crippen LogP contribution is 2.75. The average Bonchev–Trinajstić information content (AvgIpc) is 3.32. The second-order valence-corrected chi connectivity index (χ2v) is 10.4. The fourth-order valence-electron chi connectivity index (χ4n) is 4.05. The van der Waals surface area contributed by atoms with E-state index in [1.807, 2.05) is 48.5 Å². The predicted octanol–water partition coefficient (Wildman–Crippen LogP) is 4.66. The van der Waals surface area contributed by atoms with Crippen molar-refractivity contribution in [1.29, 1.82) is 0 Å². The molecule has 0 radical (unpaired) electrons. The van der Waals surface area contributed by atoms with Gasteiger partial charge in [-0.15, -0.1) is 5.10 Å². The number of pyridine rings is 1. The Morgan fingerprint density at radius 1 is 0.600 bits per heavy atom. The van der Waals surface area contributed by atoms with Gasteiger partial charge in [0.05, 0.1) is 16.1 Å². The molecule has 5 heterocycles. The van der Waals surface area contributed by atoms with E-state index >= 15 is 0 Å². The number of aliphatic imine (C=N–C) groups is 1. The van der Waals surface area contributed by atoms with Gasteiger partial charge in [0.2, 0.25) is 0 Å². The summed E-state index contributed by atoms with van der Waals surface area (Å²) in [6, 6.07) is 21.7. The molecule has 0 bridgehead atoms. The topological polar surface area (TPSA) is 103 Å². The van der Waals surface area contributed by atoms with Gasteiger partial charge < -0.3 is 0 Å². The monoisotopic (exact) mass is 474 g/mol. The van der Waals surface area contributed by atoms with Crippen molar-refractivity contribution in [3.63, 3.8) is 0 Å². The van der Waals surface area contributed by atoms with E-state index in [1.165, 1.54) is 0 Å². The maximum absolute atomic E-state index is 5.20. The average molecular weight is 475 g/mol. The molecule has 0 spiro atoms. The molecule has 0 fully saturated rings. The van der Waals surface area contributed by atoms with Crippen LogP contribution in [0.4, 0.5) is 0 Å². The Hall–Kier alpha value is -4.63. The van der Waals surface area contributed by atoms with Crippen LogP contribution in [0.15, 0.2) is 125 Å². The van der Waals surface area contributed by atoms with E-state index in [1.54, 1.807) is 49.4 Å². The second-order valence-electron chi connectivity index (χ2n) is 7.46. The summed E-state index contributed by atoms with van der Waals surface area (Å²) in [5.74, 6) is 0.556. The highest BCUT2D eigenvalue weighted by molar-refractivity contribution is 8.52. The third-order valence-corrected chi connectivity index (χ3v) is 9.16. The van der Waals surface area contributed by atoms with E-state index < -0.39 is 10.0 Å². The van der Waals surface area contributed by atoms with Gasteiger partial charge in [0, 0.05) is 42.1 Å². The van der Waals surface area contributed by atoms with Crippen LogP contribution in [0.1, 0.15) is 17.2 Å². The molecule has 0 saturated carbocycles. The number of nitrogens with zero attached hydrogens (tertiary/aromatic N) is 8. The second kappa shape index (κ2) is 8.96. The molecular weight excluding hydrogens is 456 g/mol. The number of hydrogen-bond acceptors (Lipinski definition) is 8. The Kier molecular flexibility index (Phi) is 5.36. The van der Waals surface area contributed by atoms with Crippen molar-refractivity contribution in [3.8, 4) is 0 Å². The van der Waals surface area contributed by atoms with Gasteiger partial charge in [0.15, 0.2) is 5.82 Å². The highest BCUT2D eigenvalue weighted by Gasteiger charge is 2.48. The van der Waals surface area contributed by atoms with Crippen LogP contribution >= 0.6 is 10.0 Å². The molecule has 8 nitrogen and oxygen atoms in total. The zero-order valence-electron chi connectivity index (χ0n) is 18.4. The lowest BCUT2D eigenvalue weighted by Gasteiger charge is -2.38. The van der Waals surface area contributed by atoms with Crippen LogP contribution in [0.3, 0.4) is 0 Å². The number of aromatic nitrogens is 7. The zero-order chi connectivity index (χ0) is 23.5. The van der Waals surface area contributed by atoms with E-state index in [0.717, 1.165) is 19.9 Å². The summed E-state index contributed by atoms with van der Waals surface area (Å²) in [6.45, 7) is 0. The van der Waals surface area contributed by atoms with Gasteiger partial charge in [-0.1, -0.05) is 34.3 Å². The minimum absolute atomic E-state index is 0.556. The smallest absolute Gasteiger partial charge is 0.167 e. The van der Waals surface area contributed by atoms with E-state index in [2.05, 4.69) is 42.3 Å². The molecule has 1 aromatic carbocycles. The number of rotatable bonds is 5. The van der Waals surface area contributed by atoms with Crippen molar-refractivity contribution < 1.29 is 0 Å². The van der Waals surface area contributed by atoms with Crippen LogP contribution in [0.25, 0.3) is 10.6 Å². The van der Waals surface area contributed by atoms with Gasteiger partial charge in [-0.25, -0.2) is 15.0 Å². The van der Waals surface area contributed by atoms with Crippen molar-refractivity contribution in [1.82, 2.24) is 35.1 Å². The molecule has 6 rings (SSSR count). The summed E-state index contributed by atoms with van der Waals surface area (Å²) < 4.78 is 0. The summed E-state index contributed by atoms with van der Waals surface area (Å²) in [5.41, 5.74) is 1.93. The standard InChI is InChI=1S/C26H18N8S/c1-2-8-19(9-3-1)35(22-11-4-5-12-29-22)24(25-30-13-7-14-31-25)23(21-18-27-16-17-28-21)33-26(35)20-10-6-15-32-34-20/h1-18H. The SMILES string of the molecule is c1ccc(S2(c3ccccn3)C(c3cccnn3)=NC(c3cnccn3)=C2c2ncccn2)cc1. The molecule has 9 heteroatoms. The summed E-state index contributed by atoms with van der Waals surface area (Å²) in [7, 11) is -2.28. The Morgan fingerprint density at radius 3 is 2.14 bits per heavy atom. The first-order chi connectivity index (χ1) is 17.4. The normalized spacial score (nSPS) is 19.1. The van der Waals surface area contributed by atoms with E-state index in [-0.39, 0.29) is 0 Å². The molecule has 0 amide bonds. The van der Waals surface area contributed by atoms with Gasteiger partial charge >= 0.3 is 0 Å². The fraction of sp³-hybridized carbons (Fsp3) is 0. The number of hydrogen-bond donors (Lipinski definition) is 0. The molecule has 0 saturated heterocycles. The number of benzene rings is 1. The molecule has 1 atom stereocenters. The first-order valence-electron chi connectivity index (χ1n) is 10.8. The van der Waals surface area contributed by atoms with Gasteiger partial charge in [-0.3, -0.25) is 15.0 Å². The summed E-state index contributed by atoms with van der Waals surface area (Å²) >= 11 is 0. The molecule has 5 aromatic rings. The van der Waals surface area contributed by atoms with Gasteiger partial charge in [0.25, 0.3) is 0 Å². The van der Waals surface area contributed by atoms with Crippen LogP contribution in [0.5, 0.6) is 0 Å². The first-order valence-corrected chi connectivity index (χ1v) is 12.5. The first kappa shape index (κ1) is 20.9. The van der Waals surface area contributed by atoms with Crippen LogP contribution in [-0.2, 0) is 0 Å². The Balaban J connectivity index is 1.80. The molecule has 35 heavy (non-hydrogen) atoms. The molecule has 1 unspecified atom stereocenters. The Labute approximate surface area is 203 Å². The van der Waals surface area contributed by atoms with Crippen molar-refractivity contribution in [3.05, 3.63) is 127 Å². The van der Waals surface area contributed by atoms with Crippen molar-refractivity contribution in [2.24, 2.45) is 4.99 Å². The van der Waals surface area contributed by atoms with E-state index in [0.29, 0.717) is 22.9 Å². The quantitative estimate of drug-likeness (QED) is 0.365. The van der Waals surface area contributed by atoms with Gasteiger partial charge in [-0.2, -0.15) is 5.10 Å². The summed E-state index contributed by atoms with van der Waals surface area (Å²) in [6.07, 6.45) is 11.9. The van der Waals surface area contributed by atoms with Gasteiger partial charge in [0.1, 0.15) is 22.1 Å². The third-order valence-electron chi connectivity index (χ3n) is 5.44. The molecule has 4 aromatic heterocycles. The maximum Gasteiger partial charge on any atom is 0.167 e. The lowest BCUT2D eigenvalue weighted by Crippen LogP contribution is -2.17. The van der Waals surface area contributed by atoms with Crippen molar-refractivity contribution >= 4 is 25.7 Å². The zero-order valence-corrected chi connectivity index (χ0v) is 19.2. The minimum Gasteiger partial charge on any atom is -0.261 e. The Bertz CT molecular complexity index is 1470. The molecule has 0 N–H and O–H groups in total. The van der Waals surface area contributed by atoms with Crippen LogP contribution in [0.2, 0.25) is 0 Å².